The fraction of sp³-hybridized carbons (Fsp3) is 0.700. The SMILES string of the molecule is C=C(C)CC(NN=C(C(F)(F)F)C(F)(F)F)(C(F)(F)F)C(F)(F)F. The largest absolute Gasteiger partial charge is 0.440 e. The molecular formula is C10H8F12N2. The molecule has 0 spiro atoms. The van der Waals surface area contributed by atoms with Crippen LogP contribution in [-0.2, 0) is 0 Å². The average Bonchev–Trinajstić information content (AvgIpc) is 2.19. The standard InChI is InChI=1S/C10H8F12N2/c1-4(2)3-6(9(17,18)19,10(20,21)22)24-23-5(7(11,12)13)8(14,15)16/h24H,1,3H2,2H3. The van der Waals surface area contributed by atoms with Crippen LogP contribution in [0.15, 0.2) is 17.3 Å². The summed E-state index contributed by atoms with van der Waals surface area (Å²) in [7, 11) is 0. The lowest BCUT2D eigenvalue weighted by Crippen LogP contribution is -2.65. The highest BCUT2D eigenvalue weighted by molar-refractivity contribution is 5.94. The molecule has 0 radical (unpaired) electrons. The van der Waals surface area contributed by atoms with Gasteiger partial charge in [-0.25, -0.2) is 0 Å². The third kappa shape index (κ3) is 4.93. The van der Waals surface area contributed by atoms with Crippen molar-refractivity contribution in [2.24, 2.45) is 5.10 Å². The van der Waals surface area contributed by atoms with Crippen molar-refractivity contribution in [3.05, 3.63) is 12.2 Å². The predicted molar refractivity (Wildman–Crippen MR) is 57.0 cm³/mol. The number of nitrogens with one attached hydrogen (secondary N) is 1. The van der Waals surface area contributed by atoms with E-state index in [0.29, 0.717) is 6.92 Å². The normalized spacial score (nSPS) is 14.4. The number of rotatable bonds is 4. The maximum Gasteiger partial charge on any atom is 0.440 e. The molecule has 0 amide bonds. The Labute approximate surface area is 126 Å². The van der Waals surface area contributed by atoms with Crippen molar-refractivity contribution in [1.29, 1.82) is 0 Å². The molecule has 0 aliphatic carbocycles. The number of halogens is 12. The Hall–Kier alpha value is -1.63. The molecule has 0 unspecified atom stereocenters. The Morgan fingerprint density at radius 1 is 0.792 bits per heavy atom. The van der Waals surface area contributed by atoms with Crippen molar-refractivity contribution in [3.63, 3.8) is 0 Å². The van der Waals surface area contributed by atoms with Gasteiger partial charge in [0.25, 0.3) is 0 Å². The first-order valence-corrected chi connectivity index (χ1v) is 5.53. The third-order valence-corrected chi connectivity index (χ3v) is 2.43. The molecule has 14 heteroatoms. The summed E-state index contributed by atoms with van der Waals surface area (Å²) in [5.74, 6) is 0. The number of alkyl halides is 12. The van der Waals surface area contributed by atoms with Crippen LogP contribution in [-0.4, -0.2) is 36.0 Å². The summed E-state index contributed by atoms with van der Waals surface area (Å²) in [6, 6.07) is 0. The molecule has 0 fully saturated rings. The van der Waals surface area contributed by atoms with Crippen LogP contribution in [0.25, 0.3) is 0 Å². The summed E-state index contributed by atoms with van der Waals surface area (Å²) in [5.41, 5.74) is -9.79. The Morgan fingerprint density at radius 2 is 1.12 bits per heavy atom. The molecule has 0 atom stereocenters. The van der Waals surface area contributed by atoms with Crippen LogP contribution in [0.3, 0.4) is 0 Å². The molecule has 0 bridgehead atoms. The predicted octanol–water partition coefficient (Wildman–Crippen LogP) is 4.89. The van der Waals surface area contributed by atoms with Crippen LogP contribution >= 0.6 is 0 Å². The highest BCUT2D eigenvalue weighted by Crippen LogP contribution is 2.47. The summed E-state index contributed by atoms with van der Waals surface area (Å²) in [6.07, 6.45) is -27.4. The first kappa shape index (κ1) is 22.4. The van der Waals surface area contributed by atoms with Gasteiger partial charge < -0.3 is 0 Å². The van der Waals surface area contributed by atoms with Gasteiger partial charge >= 0.3 is 24.7 Å². The summed E-state index contributed by atoms with van der Waals surface area (Å²) >= 11 is 0. The van der Waals surface area contributed by atoms with E-state index in [4.69, 9.17) is 0 Å². The monoisotopic (exact) mass is 384 g/mol. The lowest BCUT2D eigenvalue weighted by atomic mass is 9.91. The minimum atomic E-state index is -6.34. The summed E-state index contributed by atoms with van der Waals surface area (Å²) in [5, 5.41) is 1.36. The second-order valence-corrected chi connectivity index (χ2v) is 4.60. The molecule has 0 saturated heterocycles. The van der Waals surface area contributed by atoms with E-state index in [1.165, 1.54) is 5.10 Å². The van der Waals surface area contributed by atoms with E-state index in [9.17, 15) is 52.7 Å². The van der Waals surface area contributed by atoms with Gasteiger partial charge in [-0.15, -0.1) is 6.58 Å². The van der Waals surface area contributed by atoms with E-state index >= 15 is 0 Å². The van der Waals surface area contributed by atoms with E-state index in [1.807, 2.05) is 0 Å². The van der Waals surface area contributed by atoms with Crippen molar-refractivity contribution < 1.29 is 52.7 Å². The number of hydrogen-bond acceptors (Lipinski definition) is 2. The first-order chi connectivity index (χ1) is 10.3. The smallest absolute Gasteiger partial charge is 0.286 e. The molecule has 0 aliphatic heterocycles. The van der Waals surface area contributed by atoms with Crippen molar-refractivity contribution in [2.45, 2.75) is 43.6 Å². The van der Waals surface area contributed by atoms with Crippen molar-refractivity contribution in [1.82, 2.24) is 5.43 Å². The maximum atomic E-state index is 12.8. The fourth-order valence-electron chi connectivity index (χ4n) is 1.42. The first-order valence-electron chi connectivity index (χ1n) is 5.53. The van der Waals surface area contributed by atoms with E-state index in [1.54, 1.807) is 0 Å². The molecule has 0 aliphatic rings. The van der Waals surface area contributed by atoms with Gasteiger partial charge in [0.2, 0.25) is 11.3 Å². The van der Waals surface area contributed by atoms with Gasteiger partial charge in [-0.2, -0.15) is 57.8 Å². The quantitative estimate of drug-likeness (QED) is 0.318. The van der Waals surface area contributed by atoms with Gasteiger partial charge in [0, 0.05) is 6.42 Å². The Balaban J connectivity index is 6.31. The molecule has 0 saturated carbocycles. The van der Waals surface area contributed by atoms with Gasteiger partial charge in [-0.05, 0) is 6.92 Å². The van der Waals surface area contributed by atoms with Crippen molar-refractivity contribution >= 4 is 5.71 Å². The van der Waals surface area contributed by atoms with Crippen LogP contribution in [0, 0.1) is 0 Å². The fourth-order valence-corrected chi connectivity index (χ4v) is 1.42. The molecule has 1 N–H and O–H groups in total. The zero-order valence-electron chi connectivity index (χ0n) is 11.4. The van der Waals surface area contributed by atoms with Crippen LogP contribution < -0.4 is 5.43 Å². The Kier molecular flexibility index (Phi) is 5.92. The molecule has 2 nitrogen and oxygen atoms in total. The van der Waals surface area contributed by atoms with Crippen LogP contribution in [0.1, 0.15) is 13.3 Å². The van der Waals surface area contributed by atoms with E-state index in [2.05, 4.69) is 6.58 Å². The van der Waals surface area contributed by atoms with Gasteiger partial charge in [0.1, 0.15) is 0 Å². The summed E-state index contributed by atoms with van der Waals surface area (Å²) in [6.45, 7) is 3.43. The lowest BCUT2D eigenvalue weighted by molar-refractivity contribution is -0.307. The zero-order chi connectivity index (χ0) is 19.8. The molecule has 0 rings (SSSR count). The topological polar surface area (TPSA) is 24.4 Å². The van der Waals surface area contributed by atoms with Crippen molar-refractivity contribution in [3.8, 4) is 0 Å². The van der Waals surface area contributed by atoms with Gasteiger partial charge in [0.15, 0.2) is 0 Å². The molecule has 0 aromatic carbocycles. The molecule has 0 heterocycles. The third-order valence-electron chi connectivity index (χ3n) is 2.43. The van der Waals surface area contributed by atoms with Crippen LogP contribution in [0.2, 0.25) is 0 Å². The van der Waals surface area contributed by atoms with Crippen molar-refractivity contribution in [2.75, 3.05) is 0 Å². The lowest BCUT2D eigenvalue weighted by Gasteiger charge is -2.37. The molecular weight excluding hydrogens is 376 g/mol. The minimum absolute atomic E-state index is 0.00519. The highest BCUT2D eigenvalue weighted by atomic mass is 19.4. The molecule has 0 aromatic rings. The van der Waals surface area contributed by atoms with Gasteiger partial charge in [-0.3, -0.25) is 5.43 Å². The molecule has 24 heavy (non-hydrogen) atoms. The highest BCUT2D eigenvalue weighted by Gasteiger charge is 2.71. The number of hydrogen-bond donors (Lipinski definition) is 1. The zero-order valence-corrected chi connectivity index (χ0v) is 11.4. The average molecular weight is 384 g/mol. The van der Waals surface area contributed by atoms with Crippen LogP contribution in [0.4, 0.5) is 52.7 Å². The second kappa shape index (κ2) is 6.35. The maximum absolute atomic E-state index is 12.8. The van der Waals surface area contributed by atoms with E-state index < -0.39 is 47.9 Å². The number of nitrogens with zero attached hydrogens (tertiary/aromatic N) is 1. The van der Waals surface area contributed by atoms with E-state index in [0.717, 1.165) is 0 Å². The Morgan fingerprint density at radius 3 is 1.33 bits per heavy atom. The van der Waals surface area contributed by atoms with Crippen LogP contribution in [0.5, 0.6) is 0 Å². The molecule has 142 valence electrons. The molecule has 0 aromatic heterocycles. The van der Waals surface area contributed by atoms with E-state index in [-0.39, 0.29) is 5.43 Å². The minimum Gasteiger partial charge on any atom is -0.286 e. The van der Waals surface area contributed by atoms with Gasteiger partial charge in [-0.1, -0.05) is 5.57 Å². The Bertz CT molecular complexity index is 460. The summed E-state index contributed by atoms with van der Waals surface area (Å²) < 4.78 is 150. The number of hydrazone groups is 1. The van der Waals surface area contributed by atoms with Gasteiger partial charge in [0.05, 0.1) is 0 Å². The summed E-state index contributed by atoms with van der Waals surface area (Å²) in [4.78, 5) is 0. The second-order valence-electron chi connectivity index (χ2n) is 4.60.